The largest absolute Gasteiger partial charge is 0.480 e. The Morgan fingerprint density at radius 2 is 2.24 bits per heavy atom. The summed E-state index contributed by atoms with van der Waals surface area (Å²) in [6.07, 6.45) is 0.407. The van der Waals surface area contributed by atoms with Gasteiger partial charge in [0.15, 0.2) is 0 Å². The van der Waals surface area contributed by atoms with Crippen LogP contribution in [-0.4, -0.2) is 29.2 Å². The molecule has 0 fully saturated rings. The summed E-state index contributed by atoms with van der Waals surface area (Å²) in [7, 11) is 0. The molecule has 1 aromatic carbocycles. The molecular weight excluding hydrogens is 250 g/mol. The number of carboxylic acid groups (broad SMARTS) is 1. The summed E-state index contributed by atoms with van der Waals surface area (Å²) in [5.74, 6) is -1.04. The van der Waals surface area contributed by atoms with Crippen LogP contribution in [0.15, 0.2) is 18.2 Å². The predicted octanol–water partition coefficient (Wildman–Crippen LogP) is 1.89. The molecule has 0 spiro atoms. The van der Waals surface area contributed by atoms with E-state index < -0.39 is 10.9 Å². The van der Waals surface area contributed by atoms with E-state index in [9.17, 15) is 14.9 Å². The number of aliphatic carboxylic acids is 1. The zero-order chi connectivity index (χ0) is 12.8. The summed E-state index contributed by atoms with van der Waals surface area (Å²) < 4.78 is 4.84. The summed E-state index contributed by atoms with van der Waals surface area (Å²) in [5.41, 5.74) is 0.604. The molecule has 0 bridgehead atoms. The highest BCUT2D eigenvalue weighted by atomic mass is 35.5. The lowest BCUT2D eigenvalue weighted by Gasteiger charge is -2.04. The van der Waals surface area contributed by atoms with Crippen molar-refractivity contribution in [2.24, 2.45) is 0 Å². The molecule has 0 saturated heterocycles. The van der Waals surface area contributed by atoms with Crippen LogP contribution in [-0.2, 0) is 16.0 Å². The molecule has 7 heteroatoms. The number of non-ortho nitro benzene ring substituents is 1. The maximum Gasteiger partial charge on any atom is 0.329 e. The maximum atomic E-state index is 10.5. The SMILES string of the molecule is O=C(O)COCCc1ccc([N+](=O)[O-])cc1Cl. The van der Waals surface area contributed by atoms with E-state index in [1.807, 2.05) is 0 Å². The Bertz CT molecular complexity index is 435. The number of nitro benzene ring substituents is 1. The van der Waals surface area contributed by atoms with Crippen LogP contribution >= 0.6 is 11.6 Å². The highest BCUT2D eigenvalue weighted by molar-refractivity contribution is 6.31. The third kappa shape index (κ3) is 4.38. The summed E-state index contributed by atoms with van der Waals surface area (Å²) in [6, 6.07) is 4.14. The molecule has 92 valence electrons. The summed E-state index contributed by atoms with van der Waals surface area (Å²) >= 11 is 5.84. The zero-order valence-corrected chi connectivity index (χ0v) is 9.51. The number of nitro groups is 1. The number of nitrogens with zero attached hydrogens (tertiary/aromatic N) is 1. The Balaban J connectivity index is 2.54. The van der Waals surface area contributed by atoms with Crippen LogP contribution < -0.4 is 0 Å². The van der Waals surface area contributed by atoms with Gasteiger partial charge in [0, 0.05) is 12.1 Å². The number of benzene rings is 1. The molecule has 6 nitrogen and oxygen atoms in total. The van der Waals surface area contributed by atoms with E-state index in [-0.39, 0.29) is 23.9 Å². The van der Waals surface area contributed by atoms with Gasteiger partial charge in [0.2, 0.25) is 0 Å². The number of carbonyl (C=O) groups is 1. The molecule has 0 aliphatic heterocycles. The van der Waals surface area contributed by atoms with Crippen molar-refractivity contribution in [2.45, 2.75) is 6.42 Å². The van der Waals surface area contributed by atoms with Crippen molar-refractivity contribution in [1.82, 2.24) is 0 Å². The smallest absolute Gasteiger partial charge is 0.329 e. The van der Waals surface area contributed by atoms with Crippen molar-refractivity contribution in [2.75, 3.05) is 13.2 Å². The number of hydrogen-bond donors (Lipinski definition) is 1. The molecule has 0 heterocycles. The first kappa shape index (κ1) is 13.4. The minimum absolute atomic E-state index is 0.0785. The lowest BCUT2D eigenvalue weighted by Crippen LogP contribution is -2.09. The molecule has 0 radical (unpaired) electrons. The quantitative estimate of drug-likeness (QED) is 0.479. The van der Waals surface area contributed by atoms with E-state index in [1.54, 1.807) is 0 Å². The maximum absolute atomic E-state index is 10.5. The van der Waals surface area contributed by atoms with E-state index in [4.69, 9.17) is 21.4 Å². The molecule has 0 amide bonds. The number of rotatable bonds is 6. The minimum atomic E-state index is -1.04. The molecule has 0 unspecified atom stereocenters. The third-order valence-corrected chi connectivity index (χ3v) is 2.34. The lowest BCUT2D eigenvalue weighted by molar-refractivity contribution is -0.384. The monoisotopic (exact) mass is 259 g/mol. The summed E-state index contributed by atoms with van der Waals surface area (Å²) in [6.45, 7) is -0.172. The average molecular weight is 260 g/mol. The van der Waals surface area contributed by atoms with Crippen molar-refractivity contribution in [3.05, 3.63) is 38.9 Å². The second-order valence-corrected chi connectivity index (χ2v) is 3.64. The van der Waals surface area contributed by atoms with E-state index >= 15 is 0 Å². The predicted molar refractivity (Wildman–Crippen MR) is 60.3 cm³/mol. The Morgan fingerprint density at radius 1 is 1.53 bits per heavy atom. The first-order valence-electron chi connectivity index (χ1n) is 4.73. The van der Waals surface area contributed by atoms with Crippen molar-refractivity contribution in [1.29, 1.82) is 0 Å². The number of halogens is 1. The van der Waals surface area contributed by atoms with E-state index in [2.05, 4.69) is 0 Å². The van der Waals surface area contributed by atoms with Crippen molar-refractivity contribution in [3.63, 3.8) is 0 Å². The van der Waals surface area contributed by atoms with E-state index in [0.717, 1.165) is 0 Å². The van der Waals surface area contributed by atoms with Gasteiger partial charge in [-0.1, -0.05) is 17.7 Å². The average Bonchev–Trinajstić information content (AvgIpc) is 2.25. The Kier molecular flexibility index (Phi) is 4.86. The molecule has 1 N–H and O–H groups in total. The normalized spacial score (nSPS) is 10.2. The fraction of sp³-hybridized carbons (Fsp3) is 0.300. The lowest BCUT2D eigenvalue weighted by atomic mass is 10.1. The van der Waals surface area contributed by atoms with Gasteiger partial charge in [-0.15, -0.1) is 0 Å². The Morgan fingerprint density at radius 3 is 2.76 bits per heavy atom. The highest BCUT2D eigenvalue weighted by Crippen LogP contribution is 2.22. The zero-order valence-electron chi connectivity index (χ0n) is 8.76. The number of hydrogen-bond acceptors (Lipinski definition) is 4. The van der Waals surface area contributed by atoms with Gasteiger partial charge in [-0.05, 0) is 12.0 Å². The second kappa shape index (κ2) is 6.17. The van der Waals surface area contributed by atoms with Gasteiger partial charge in [0.05, 0.1) is 16.6 Å². The summed E-state index contributed by atoms with van der Waals surface area (Å²) in [4.78, 5) is 20.1. The first-order chi connectivity index (χ1) is 8.00. The van der Waals surface area contributed by atoms with Gasteiger partial charge in [-0.25, -0.2) is 4.79 Å². The van der Waals surface area contributed by atoms with E-state index in [1.165, 1.54) is 18.2 Å². The first-order valence-corrected chi connectivity index (χ1v) is 5.11. The van der Waals surface area contributed by atoms with Crippen LogP contribution in [0.25, 0.3) is 0 Å². The minimum Gasteiger partial charge on any atom is -0.480 e. The second-order valence-electron chi connectivity index (χ2n) is 3.23. The molecule has 0 aromatic heterocycles. The van der Waals surface area contributed by atoms with Crippen molar-refractivity contribution in [3.8, 4) is 0 Å². The fourth-order valence-corrected chi connectivity index (χ4v) is 1.46. The molecule has 0 aliphatic carbocycles. The topological polar surface area (TPSA) is 89.7 Å². The molecule has 0 aliphatic rings. The molecule has 1 aromatic rings. The fourth-order valence-electron chi connectivity index (χ4n) is 1.19. The molecule has 17 heavy (non-hydrogen) atoms. The van der Waals surface area contributed by atoms with Gasteiger partial charge >= 0.3 is 5.97 Å². The number of carboxylic acids is 1. The van der Waals surface area contributed by atoms with Crippen molar-refractivity contribution >= 4 is 23.3 Å². The molecular formula is C10H10ClNO5. The van der Waals surface area contributed by atoms with Crippen LogP contribution in [0.2, 0.25) is 5.02 Å². The van der Waals surface area contributed by atoms with Gasteiger partial charge in [-0.3, -0.25) is 10.1 Å². The van der Waals surface area contributed by atoms with Gasteiger partial charge in [0.1, 0.15) is 6.61 Å². The van der Waals surface area contributed by atoms with E-state index in [0.29, 0.717) is 12.0 Å². The van der Waals surface area contributed by atoms with Crippen LogP contribution in [0, 0.1) is 10.1 Å². The summed E-state index contributed by atoms with van der Waals surface area (Å²) in [5, 5.41) is 19.1. The Hall–Kier alpha value is -1.66. The Labute approximate surface area is 102 Å². The van der Waals surface area contributed by atoms with Gasteiger partial charge in [0.25, 0.3) is 5.69 Å². The van der Waals surface area contributed by atoms with Crippen LogP contribution in [0.4, 0.5) is 5.69 Å². The van der Waals surface area contributed by atoms with Gasteiger partial charge in [-0.2, -0.15) is 0 Å². The van der Waals surface area contributed by atoms with Crippen molar-refractivity contribution < 1.29 is 19.6 Å². The van der Waals surface area contributed by atoms with Gasteiger partial charge < -0.3 is 9.84 Å². The van der Waals surface area contributed by atoms with Crippen LogP contribution in [0.1, 0.15) is 5.56 Å². The van der Waals surface area contributed by atoms with Crippen LogP contribution in [0.5, 0.6) is 0 Å². The standard InChI is InChI=1S/C10H10ClNO5/c11-9-5-8(12(15)16)2-1-7(9)3-4-17-6-10(13)14/h1-2,5H,3-4,6H2,(H,13,14). The van der Waals surface area contributed by atoms with Crippen LogP contribution in [0.3, 0.4) is 0 Å². The molecule has 0 saturated carbocycles. The highest BCUT2D eigenvalue weighted by Gasteiger charge is 2.09. The molecule has 1 rings (SSSR count). The molecule has 0 atom stereocenters. The number of ether oxygens (including phenoxy) is 1. The third-order valence-electron chi connectivity index (χ3n) is 1.99.